The van der Waals surface area contributed by atoms with E-state index in [0.29, 0.717) is 0 Å². The zero-order chi connectivity index (χ0) is 5.82. The van der Waals surface area contributed by atoms with Gasteiger partial charge in [0.15, 0.2) is 0 Å². The molecule has 0 atom stereocenters. The number of nitrogens with zero attached hydrogens (tertiary/aromatic N) is 1. The second-order valence-electron chi connectivity index (χ2n) is 1.69. The van der Waals surface area contributed by atoms with Gasteiger partial charge in [0.2, 0.25) is 6.26 Å². The van der Waals surface area contributed by atoms with Crippen LogP contribution in [0.3, 0.4) is 0 Å². The molecule has 0 amide bonds. The molecule has 0 aliphatic rings. The molecule has 1 rings (SSSR count). The smallest absolute Gasteiger partial charge is 0.205 e. The first-order valence-electron chi connectivity index (χ1n) is 2.75. The molecule has 1 aromatic heterocycles. The highest BCUT2D eigenvalue weighted by atomic mass is 16.5. The summed E-state index contributed by atoms with van der Waals surface area (Å²) < 4.78 is 4.49. The van der Waals surface area contributed by atoms with E-state index in [0.717, 1.165) is 18.5 Å². The Morgan fingerprint density at radius 1 is 1.88 bits per heavy atom. The van der Waals surface area contributed by atoms with E-state index in [2.05, 4.69) is 22.9 Å². The van der Waals surface area contributed by atoms with Gasteiger partial charge in [-0.05, 0) is 6.42 Å². The van der Waals surface area contributed by atoms with E-state index in [-0.39, 0.29) is 0 Å². The van der Waals surface area contributed by atoms with Crippen LogP contribution in [0, 0.1) is 6.26 Å². The van der Waals surface area contributed by atoms with E-state index in [1.807, 2.05) is 0 Å². The fraction of sp³-hybridized carbons (Fsp3) is 0.500. The van der Waals surface area contributed by atoms with E-state index in [9.17, 15) is 0 Å². The van der Waals surface area contributed by atoms with E-state index < -0.39 is 0 Å². The summed E-state index contributed by atoms with van der Waals surface area (Å²) in [5.41, 5.74) is 0.993. The zero-order valence-electron chi connectivity index (χ0n) is 4.85. The lowest BCUT2D eigenvalue weighted by atomic mass is 10.3. The molecule has 0 spiro atoms. The lowest BCUT2D eigenvalue weighted by molar-refractivity contribution is 0.405. The molecule has 0 unspecified atom stereocenters. The summed E-state index contributed by atoms with van der Waals surface area (Å²) in [5.74, 6) is 0. The molecule has 0 aliphatic carbocycles. The van der Waals surface area contributed by atoms with Crippen molar-refractivity contribution in [2.75, 3.05) is 0 Å². The average Bonchev–Trinajstić information content (AvgIpc) is 2.19. The van der Waals surface area contributed by atoms with Crippen molar-refractivity contribution in [3.8, 4) is 0 Å². The molecule has 1 aromatic rings. The van der Waals surface area contributed by atoms with Gasteiger partial charge in [0, 0.05) is 6.07 Å². The highest BCUT2D eigenvalue weighted by Gasteiger charge is 1.91. The molecule has 8 heavy (non-hydrogen) atoms. The van der Waals surface area contributed by atoms with Crippen molar-refractivity contribution in [3.05, 3.63) is 18.0 Å². The Balaban J connectivity index is 2.50. The number of hydrogen-bond donors (Lipinski definition) is 0. The zero-order valence-corrected chi connectivity index (χ0v) is 4.85. The molecule has 43 valence electrons. The van der Waals surface area contributed by atoms with E-state index >= 15 is 0 Å². The fourth-order valence-corrected chi connectivity index (χ4v) is 0.580. The van der Waals surface area contributed by atoms with Crippen LogP contribution in [0.1, 0.15) is 19.0 Å². The molecule has 2 heteroatoms. The average molecular weight is 110 g/mol. The lowest BCUT2D eigenvalue weighted by Gasteiger charge is -1.82. The minimum Gasteiger partial charge on any atom is -0.353 e. The van der Waals surface area contributed by atoms with Gasteiger partial charge < -0.3 is 4.52 Å². The van der Waals surface area contributed by atoms with Crippen LogP contribution in [0.25, 0.3) is 0 Å². The van der Waals surface area contributed by atoms with Crippen molar-refractivity contribution in [1.29, 1.82) is 0 Å². The number of aryl methyl sites for hydroxylation is 1. The second kappa shape index (κ2) is 2.50. The van der Waals surface area contributed by atoms with Crippen LogP contribution < -0.4 is 0 Å². The Morgan fingerprint density at radius 2 is 2.75 bits per heavy atom. The molecular formula is C6H8NO. The molecule has 0 fully saturated rings. The molecule has 0 aromatic carbocycles. The monoisotopic (exact) mass is 110 g/mol. The summed E-state index contributed by atoms with van der Waals surface area (Å²) >= 11 is 0. The summed E-state index contributed by atoms with van der Waals surface area (Å²) in [4.78, 5) is 0. The van der Waals surface area contributed by atoms with Gasteiger partial charge in [-0.1, -0.05) is 18.5 Å². The maximum absolute atomic E-state index is 4.49. The molecule has 0 aliphatic heterocycles. The van der Waals surface area contributed by atoms with Crippen LogP contribution in [-0.2, 0) is 6.42 Å². The van der Waals surface area contributed by atoms with Crippen LogP contribution in [0.4, 0.5) is 0 Å². The van der Waals surface area contributed by atoms with Gasteiger partial charge in [-0.2, -0.15) is 0 Å². The van der Waals surface area contributed by atoms with Crippen LogP contribution in [0.5, 0.6) is 0 Å². The Kier molecular flexibility index (Phi) is 1.67. The number of hydrogen-bond acceptors (Lipinski definition) is 2. The van der Waals surface area contributed by atoms with Gasteiger partial charge in [0.25, 0.3) is 0 Å². The summed E-state index contributed by atoms with van der Waals surface area (Å²) in [6, 6.07) is 1.77. The van der Waals surface area contributed by atoms with E-state index in [4.69, 9.17) is 0 Å². The largest absolute Gasteiger partial charge is 0.353 e. The van der Waals surface area contributed by atoms with Crippen LogP contribution >= 0.6 is 0 Å². The first-order chi connectivity index (χ1) is 3.93. The van der Waals surface area contributed by atoms with Gasteiger partial charge in [-0.15, -0.1) is 0 Å². The Morgan fingerprint density at radius 3 is 3.25 bits per heavy atom. The molecule has 0 N–H and O–H groups in total. The highest BCUT2D eigenvalue weighted by molar-refractivity contribution is 4.93. The van der Waals surface area contributed by atoms with E-state index in [1.165, 1.54) is 0 Å². The number of aromatic nitrogens is 1. The minimum absolute atomic E-state index is 0.993. The maximum Gasteiger partial charge on any atom is 0.205 e. The fourth-order valence-electron chi connectivity index (χ4n) is 0.580. The summed E-state index contributed by atoms with van der Waals surface area (Å²) in [6.45, 7) is 2.11. The quantitative estimate of drug-likeness (QED) is 0.575. The van der Waals surface area contributed by atoms with Gasteiger partial charge in [0.05, 0.1) is 5.69 Å². The van der Waals surface area contributed by atoms with Crippen molar-refractivity contribution in [3.63, 3.8) is 0 Å². The Labute approximate surface area is 48.5 Å². The highest BCUT2D eigenvalue weighted by Crippen LogP contribution is 1.96. The van der Waals surface area contributed by atoms with Crippen LogP contribution in [-0.4, -0.2) is 5.16 Å². The lowest BCUT2D eigenvalue weighted by Crippen LogP contribution is -1.78. The molecule has 2 nitrogen and oxygen atoms in total. The minimum atomic E-state index is 0.993. The van der Waals surface area contributed by atoms with Crippen LogP contribution in [0.15, 0.2) is 10.6 Å². The number of rotatable bonds is 2. The van der Waals surface area contributed by atoms with Crippen molar-refractivity contribution >= 4 is 0 Å². The standard InChI is InChI=1S/C6H8NO/c1-2-3-6-4-5-8-7-6/h4H,2-3H2,1H3. The molecular weight excluding hydrogens is 102 g/mol. The molecule has 1 heterocycles. The third-order valence-corrected chi connectivity index (χ3v) is 0.947. The third kappa shape index (κ3) is 1.09. The topological polar surface area (TPSA) is 26.0 Å². The van der Waals surface area contributed by atoms with Crippen LogP contribution in [0.2, 0.25) is 0 Å². The van der Waals surface area contributed by atoms with Gasteiger partial charge >= 0.3 is 0 Å². The summed E-state index contributed by atoms with van der Waals surface area (Å²) in [5, 5.41) is 3.68. The van der Waals surface area contributed by atoms with Crippen molar-refractivity contribution < 1.29 is 4.52 Å². The first kappa shape index (κ1) is 5.35. The van der Waals surface area contributed by atoms with Crippen molar-refractivity contribution in [2.45, 2.75) is 19.8 Å². The summed E-state index contributed by atoms with van der Waals surface area (Å²) in [7, 11) is 0. The summed E-state index contributed by atoms with van der Waals surface area (Å²) in [6.07, 6.45) is 4.63. The predicted octanol–water partition coefficient (Wildman–Crippen LogP) is 1.43. The van der Waals surface area contributed by atoms with Crippen molar-refractivity contribution in [1.82, 2.24) is 5.16 Å². The molecule has 0 saturated carbocycles. The maximum atomic E-state index is 4.49. The van der Waals surface area contributed by atoms with Gasteiger partial charge in [-0.25, -0.2) is 0 Å². The van der Waals surface area contributed by atoms with Gasteiger partial charge in [0.1, 0.15) is 0 Å². The SMILES string of the molecule is CCCc1c[c]on1. The first-order valence-corrected chi connectivity index (χ1v) is 2.75. The Bertz CT molecular complexity index is 134. The second-order valence-corrected chi connectivity index (χ2v) is 1.69. The predicted molar refractivity (Wildman–Crippen MR) is 29.3 cm³/mol. The molecule has 1 radical (unpaired) electrons. The third-order valence-electron chi connectivity index (χ3n) is 0.947. The van der Waals surface area contributed by atoms with E-state index in [1.54, 1.807) is 6.07 Å². The molecule has 0 bridgehead atoms. The molecule has 0 saturated heterocycles. The van der Waals surface area contributed by atoms with Gasteiger partial charge in [-0.3, -0.25) is 0 Å². The van der Waals surface area contributed by atoms with Crippen molar-refractivity contribution in [2.24, 2.45) is 0 Å². The normalized spacial score (nSPS) is 9.62. The Hall–Kier alpha value is -0.790.